The number of ether oxygens (including phenoxy) is 1. The van der Waals surface area contributed by atoms with E-state index in [1.54, 1.807) is 11.3 Å². The van der Waals surface area contributed by atoms with Crippen LogP contribution in [0.5, 0.6) is 0 Å². The number of benzene rings is 1. The molecule has 4 rings (SSSR count). The molecule has 3 heterocycles. The Morgan fingerprint density at radius 2 is 2.13 bits per heavy atom. The lowest BCUT2D eigenvalue weighted by atomic mass is 10.1. The summed E-state index contributed by atoms with van der Waals surface area (Å²) in [5.74, 6) is -0.0270. The number of thiazole rings is 1. The van der Waals surface area contributed by atoms with Crippen molar-refractivity contribution in [3.05, 3.63) is 35.2 Å². The van der Waals surface area contributed by atoms with E-state index >= 15 is 0 Å². The number of fused-ring (bicyclic) bond motifs is 1. The van der Waals surface area contributed by atoms with Crippen molar-refractivity contribution < 1.29 is 9.53 Å². The number of hydrogen-bond acceptors (Lipinski definition) is 7. The van der Waals surface area contributed by atoms with Gasteiger partial charge in [-0.25, -0.2) is 4.98 Å². The minimum atomic E-state index is -0.0270. The fraction of sp³-hybridized carbons (Fsp3) is 0.455. The zero-order chi connectivity index (χ0) is 21.8. The van der Waals surface area contributed by atoms with Crippen LogP contribution in [0.2, 0.25) is 0 Å². The molecule has 0 saturated carbocycles. The van der Waals surface area contributed by atoms with Crippen molar-refractivity contribution in [3.8, 4) is 6.07 Å². The summed E-state index contributed by atoms with van der Waals surface area (Å²) < 4.78 is 8.33. The lowest BCUT2D eigenvalue weighted by Gasteiger charge is -2.25. The van der Waals surface area contributed by atoms with Gasteiger partial charge in [0.15, 0.2) is 5.13 Å². The number of carbonyl (C=O) groups excluding carboxylic acids is 1. The fourth-order valence-electron chi connectivity index (χ4n) is 3.81. The van der Waals surface area contributed by atoms with Gasteiger partial charge in [-0.05, 0) is 44.0 Å². The maximum atomic E-state index is 12.6. The Balaban J connectivity index is 1.38. The van der Waals surface area contributed by atoms with Crippen LogP contribution >= 0.6 is 11.3 Å². The molecule has 1 aromatic carbocycles. The first-order chi connectivity index (χ1) is 15.0. The molecule has 0 radical (unpaired) electrons. The highest BCUT2D eigenvalue weighted by atomic mass is 32.1. The molecule has 9 heteroatoms. The lowest BCUT2D eigenvalue weighted by Crippen LogP contribution is -2.36. The van der Waals surface area contributed by atoms with E-state index in [9.17, 15) is 4.79 Å². The second-order valence-electron chi connectivity index (χ2n) is 7.61. The van der Waals surface area contributed by atoms with Crippen molar-refractivity contribution in [3.63, 3.8) is 0 Å². The molecule has 1 saturated heterocycles. The summed E-state index contributed by atoms with van der Waals surface area (Å²) >= 11 is 1.64. The van der Waals surface area contributed by atoms with Crippen LogP contribution in [-0.4, -0.2) is 47.0 Å². The van der Waals surface area contributed by atoms with E-state index in [-0.39, 0.29) is 5.91 Å². The van der Waals surface area contributed by atoms with E-state index in [4.69, 9.17) is 15.0 Å². The number of nitriles is 1. The van der Waals surface area contributed by atoms with Crippen LogP contribution in [0.4, 0.5) is 10.8 Å². The zero-order valence-corrected chi connectivity index (χ0v) is 18.7. The number of nitrogens with zero attached hydrogens (tertiary/aromatic N) is 5. The molecular formula is C22H26N6O2S. The van der Waals surface area contributed by atoms with Crippen molar-refractivity contribution in [2.24, 2.45) is 0 Å². The van der Waals surface area contributed by atoms with Gasteiger partial charge in [0.25, 0.3) is 0 Å². The third-order valence-electron chi connectivity index (χ3n) is 5.51. The van der Waals surface area contributed by atoms with Gasteiger partial charge in [-0.2, -0.15) is 10.4 Å². The van der Waals surface area contributed by atoms with Gasteiger partial charge in [0.1, 0.15) is 0 Å². The van der Waals surface area contributed by atoms with Crippen molar-refractivity contribution in [2.75, 3.05) is 36.5 Å². The van der Waals surface area contributed by atoms with Crippen molar-refractivity contribution in [1.82, 2.24) is 14.8 Å². The molecule has 3 aromatic rings. The van der Waals surface area contributed by atoms with Gasteiger partial charge >= 0.3 is 0 Å². The van der Waals surface area contributed by atoms with E-state index in [0.29, 0.717) is 25.8 Å². The van der Waals surface area contributed by atoms with Crippen LogP contribution in [0.3, 0.4) is 0 Å². The summed E-state index contributed by atoms with van der Waals surface area (Å²) in [4.78, 5) is 19.5. The third-order valence-corrected chi connectivity index (χ3v) is 6.59. The van der Waals surface area contributed by atoms with Gasteiger partial charge in [-0.1, -0.05) is 11.3 Å². The standard InChI is InChI=1S/C22H26N6O2S/c1-15-18(16(2)28(26-15)9-3-8-23)5-7-21(29)24-17-4-6-19-20(14-17)31-22(25-19)27-10-12-30-13-11-27/h4,6,14H,3,5,7,9-13H2,1-2H3,(H,24,29). The van der Waals surface area contributed by atoms with Crippen molar-refractivity contribution >= 4 is 38.3 Å². The van der Waals surface area contributed by atoms with Gasteiger partial charge < -0.3 is 15.0 Å². The van der Waals surface area contributed by atoms with Gasteiger partial charge in [-0.3, -0.25) is 9.48 Å². The monoisotopic (exact) mass is 438 g/mol. The van der Waals surface area contributed by atoms with Crippen LogP contribution in [0.25, 0.3) is 10.2 Å². The van der Waals surface area contributed by atoms with Crippen LogP contribution in [0, 0.1) is 25.2 Å². The number of nitrogens with one attached hydrogen (secondary N) is 1. The van der Waals surface area contributed by atoms with Crippen molar-refractivity contribution in [2.45, 2.75) is 39.7 Å². The van der Waals surface area contributed by atoms with E-state index < -0.39 is 0 Å². The Bertz CT molecular complexity index is 1120. The molecule has 1 fully saturated rings. The van der Waals surface area contributed by atoms with Crippen LogP contribution in [0.15, 0.2) is 18.2 Å². The molecule has 1 aliphatic heterocycles. The fourth-order valence-corrected chi connectivity index (χ4v) is 4.87. The van der Waals surface area contributed by atoms with E-state index in [1.165, 1.54) is 0 Å². The number of amides is 1. The van der Waals surface area contributed by atoms with E-state index in [0.717, 1.165) is 64.3 Å². The highest BCUT2D eigenvalue weighted by Gasteiger charge is 2.16. The molecule has 1 amide bonds. The van der Waals surface area contributed by atoms with E-state index in [1.807, 2.05) is 36.7 Å². The number of carbonyl (C=O) groups is 1. The van der Waals surface area contributed by atoms with Gasteiger partial charge in [0.05, 0.1) is 48.2 Å². The summed E-state index contributed by atoms with van der Waals surface area (Å²) in [7, 11) is 0. The Hall–Kier alpha value is -2.96. The minimum Gasteiger partial charge on any atom is -0.378 e. The van der Waals surface area contributed by atoms with Crippen molar-refractivity contribution in [1.29, 1.82) is 5.26 Å². The highest BCUT2D eigenvalue weighted by molar-refractivity contribution is 7.22. The normalized spacial score (nSPS) is 14.0. The summed E-state index contributed by atoms with van der Waals surface area (Å²) in [5.41, 5.74) is 4.77. The first kappa shape index (κ1) is 21.3. The highest BCUT2D eigenvalue weighted by Crippen LogP contribution is 2.31. The zero-order valence-electron chi connectivity index (χ0n) is 17.8. The minimum absolute atomic E-state index is 0.0270. The lowest BCUT2D eigenvalue weighted by molar-refractivity contribution is -0.116. The predicted molar refractivity (Wildman–Crippen MR) is 122 cm³/mol. The Morgan fingerprint density at radius 3 is 2.90 bits per heavy atom. The van der Waals surface area contributed by atoms with Crippen LogP contribution in [-0.2, 0) is 22.5 Å². The largest absolute Gasteiger partial charge is 0.378 e. The number of rotatable bonds is 7. The number of aryl methyl sites for hydroxylation is 2. The third kappa shape index (κ3) is 4.86. The molecular weight excluding hydrogens is 412 g/mol. The molecule has 1 N–H and O–H groups in total. The average molecular weight is 439 g/mol. The molecule has 2 aromatic heterocycles. The second kappa shape index (κ2) is 9.45. The molecule has 0 spiro atoms. The van der Waals surface area contributed by atoms with Gasteiger partial charge in [-0.15, -0.1) is 0 Å². The number of anilines is 2. The SMILES string of the molecule is Cc1nn(CCC#N)c(C)c1CCC(=O)Nc1ccc2nc(N3CCOCC3)sc2c1. The Labute approximate surface area is 185 Å². The smallest absolute Gasteiger partial charge is 0.224 e. The average Bonchev–Trinajstić information content (AvgIpc) is 3.31. The van der Waals surface area contributed by atoms with Gasteiger partial charge in [0.2, 0.25) is 5.91 Å². The number of morpholine rings is 1. The maximum Gasteiger partial charge on any atom is 0.224 e. The molecule has 162 valence electrons. The van der Waals surface area contributed by atoms with Crippen LogP contribution in [0.1, 0.15) is 29.8 Å². The summed E-state index contributed by atoms with van der Waals surface area (Å²) in [6.07, 6.45) is 1.43. The van der Waals surface area contributed by atoms with E-state index in [2.05, 4.69) is 21.4 Å². The maximum absolute atomic E-state index is 12.6. The molecule has 31 heavy (non-hydrogen) atoms. The molecule has 0 atom stereocenters. The molecule has 0 unspecified atom stereocenters. The number of hydrogen-bond donors (Lipinski definition) is 1. The first-order valence-electron chi connectivity index (χ1n) is 10.5. The molecule has 8 nitrogen and oxygen atoms in total. The van der Waals surface area contributed by atoms with Crippen LogP contribution < -0.4 is 10.2 Å². The molecule has 1 aliphatic rings. The first-order valence-corrected chi connectivity index (χ1v) is 11.3. The number of aromatic nitrogens is 3. The Morgan fingerprint density at radius 1 is 1.32 bits per heavy atom. The summed E-state index contributed by atoms with van der Waals surface area (Å²) in [6.45, 7) is 7.70. The van der Waals surface area contributed by atoms with Gasteiger partial charge in [0, 0.05) is 30.9 Å². The second-order valence-corrected chi connectivity index (χ2v) is 8.62. The quantitative estimate of drug-likeness (QED) is 0.607. The Kier molecular flexibility index (Phi) is 6.49. The molecule has 0 bridgehead atoms. The predicted octanol–water partition coefficient (Wildman–Crippen LogP) is 3.43. The molecule has 0 aliphatic carbocycles. The topological polar surface area (TPSA) is 96.1 Å². The summed E-state index contributed by atoms with van der Waals surface area (Å²) in [6, 6.07) is 8.00. The summed E-state index contributed by atoms with van der Waals surface area (Å²) in [5, 5.41) is 17.3.